The van der Waals surface area contributed by atoms with Gasteiger partial charge in [-0.15, -0.1) is 0 Å². The Bertz CT molecular complexity index is 2720. The van der Waals surface area contributed by atoms with E-state index in [0.29, 0.717) is 22.5 Å². The van der Waals surface area contributed by atoms with Crippen molar-refractivity contribution in [2.45, 2.75) is 41.5 Å². The highest BCUT2D eigenvalue weighted by Crippen LogP contribution is 2.46. The van der Waals surface area contributed by atoms with Gasteiger partial charge in [-0.3, -0.25) is 9.59 Å². The first-order valence-electron chi connectivity index (χ1n) is 18.5. The first kappa shape index (κ1) is 33.3. The fourth-order valence-corrected chi connectivity index (χ4v) is 9.17. The van der Waals surface area contributed by atoms with Gasteiger partial charge in [-0.25, -0.2) is 4.90 Å². The smallest absolute Gasteiger partial charge is 0.268 e. The lowest BCUT2D eigenvalue weighted by molar-refractivity contribution is 0.0926. The Morgan fingerprint density at radius 3 is 1.39 bits per heavy atom. The number of benzene rings is 7. The van der Waals surface area contributed by atoms with Crippen LogP contribution in [0.2, 0.25) is 0 Å². The number of anilines is 1. The molecule has 0 N–H and O–H groups in total. The van der Waals surface area contributed by atoms with Crippen LogP contribution in [0.3, 0.4) is 0 Å². The molecule has 8 aromatic rings. The topological polar surface area (TPSA) is 42.3 Å². The maximum atomic E-state index is 15.1. The summed E-state index contributed by atoms with van der Waals surface area (Å²) in [6, 6.07) is 45.3. The van der Waals surface area contributed by atoms with Crippen LogP contribution < -0.4 is 4.90 Å². The van der Waals surface area contributed by atoms with Crippen molar-refractivity contribution in [3.05, 3.63) is 178 Å². The van der Waals surface area contributed by atoms with Gasteiger partial charge in [0.05, 0.1) is 33.5 Å². The maximum Gasteiger partial charge on any atom is 0.268 e. The van der Waals surface area contributed by atoms with Gasteiger partial charge in [0.2, 0.25) is 0 Å². The van der Waals surface area contributed by atoms with Crippen molar-refractivity contribution in [1.29, 1.82) is 0 Å². The Morgan fingerprint density at radius 2 is 0.833 bits per heavy atom. The molecule has 0 radical (unpaired) electrons. The van der Waals surface area contributed by atoms with Crippen LogP contribution in [0, 0.1) is 41.5 Å². The van der Waals surface area contributed by atoms with E-state index in [0.717, 1.165) is 44.1 Å². The number of carbonyl (C=O) groups is 2. The molecule has 2 heterocycles. The summed E-state index contributed by atoms with van der Waals surface area (Å²) in [5, 5.41) is 2.18. The molecule has 4 heteroatoms. The average Bonchev–Trinajstić information content (AvgIpc) is 3.63. The van der Waals surface area contributed by atoms with Crippen LogP contribution >= 0.6 is 0 Å². The molecule has 7 aromatic carbocycles. The van der Waals surface area contributed by atoms with Gasteiger partial charge in [0.15, 0.2) is 0 Å². The molecule has 0 spiro atoms. The molecule has 1 aromatic heterocycles. The molecule has 0 saturated carbocycles. The number of aromatic nitrogens is 1. The average molecular weight is 701 g/mol. The minimum atomic E-state index is -0.329. The van der Waals surface area contributed by atoms with Crippen LogP contribution in [0.4, 0.5) is 5.69 Å². The predicted molar refractivity (Wildman–Crippen MR) is 223 cm³/mol. The molecule has 2 amide bonds. The molecule has 9 rings (SSSR count). The zero-order valence-electron chi connectivity index (χ0n) is 31.4. The fourth-order valence-electron chi connectivity index (χ4n) is 9.17. The monoisotopic (exact) mass is 700 g/mol. The van der Waals surface area contributed by atoms with Gasteiger partial charge in [0.25, 0.3) is 11.8 Å². The first-order chi connectivity index (χ1) is 26.1. The number of carbonyl (C=O) groups excluding carboxylic acids is 2. The maximum absolute atomic E-state index is 15.1. The normalized spacial score (nSPS) is 12.7. The second-order valence-electron chi connectivity index (χ2n) is 14.8. The van der Waals surface area contributed by atoms with E-state index in [4.69, 9.17) is 0 Å². The molecule has 0 fully saturated rings. The van der Waals surface area contributed by atoms with Crippen LogP contribution in [0.25, 0.3) is 60.9 Å². The molecule has 0 saturated heterocycles. The van der Waals surface area contributed by atoms with E-state index in [2.05, 4.69) is 107 Å². The lowest BCUT2D eigenvalue weighted by Gasteiger charge is -2.20. The molecular weight excluding hydrogens is 661 g/mol. The summed E-state index contributed by atoms with van der Waals surface area (Å²) in [5.74, 6) is -0.652. The van der Waals surface area contributed by atoms with Crippen LogP contribution in [0.1, 0.15) is 54.1 Å². The van der Waals surface area contributed by atoms with Crippen molar-refractivity contribution < 1.29 is 9.59 Å². The molecule has 0 bridgehead atoms. The highest BCUT2D eigenvalue weighted by atomic mass is 16.2. The Morgan fingerprint density at radius 1 is 0.389 bits per heavy atom. The standard InChI is InChI=1S/C50H40N2O2/c1-29-25-31(3)44(32(4)26-29)39-20-12-18-37-38-19-13-21-40(45-33(5)27-30(2)28-34(45)6)48(38)51(47(37)39)43-24-14-22-41-46(43)50(54)52(49(41)53)42-23-11-10-17-36(42)35-15-8-7-9-16-35/h7-28H,1-6H3. The van der Waals surface area contributed by atoms with Gasteiger partial charge in [-0.1, -0.05) is 126 Å². The number of aryl methyl sites for hydroxylation is 6. The van der Waals surface area contributed by atoms with Crippen molar-refractivity contribution in [3.8, 4) is 39.1 Å². The first-order valence-corrected chi connectivity index (χ1v) is 18.5. The van der Waals surface area contributed by atoms with Crippen LogP contribution in [0.5, 0.6) is 0 Å². The van der Waals surface area contributed by atoms with Crippen molar-refractivity contribution in [1.82, 2.24) is 4.57 Å². The third-order valence-electron chi connectivity index (χ3n) is 11.1. The lowest BCUT2D eigenvalue weighted by Crippen LogP contribution is -2.30. The fraction of sp³-hybridized carbons (Fsp3) is 0.120. The molecule has 0 aliphatic carbocycles. The van der Waals surface area contributed by atoms with Gasteiger partial charge >= 0.3 is 0 Å². The quantitative estimate of drug-likeness (QED) is 0.168. The molecule has 1 aliphatic heterocycles. The van der Waals surface area contributed by atoms with E-state index in [-0.39, 0.29) is 11.8 Å². The van der Waals surface area contributed by atoms with Crippen LogP contribution in [0.15, 0.2) is 133 Å². The summed E-state index contributed by atoms with van der Waals surface area (Å²) >= 11 is 0. The zero-order chi connectivity index (χ0) is 37.4. The zero-order valence-corrected chi connectivity index (χ0v) is 31.4. The second kappa shape index (κ2) is 12.6. The number of imide groups is 1. The Labute approximate surface area is 315 Å². The largest absolute Gasteiger partial charge is 0.307 e. The summed E-state index contributed by atoms with van der Waals surface area (Å²) in [5.41, 5.74) is 17.6. The Kier molecular flexibility index (Phi) is 7.75. The van der Waals surface area contributed by atoms with Crippen molar-refractivity contribution in [2.24, 2.45) is 0 Å². The minimum Gasteiger partial charge on any atom is -0.307 e. The number of rotatable bonds is 5. The van der Waals surface area contributed by atoms with Crippen molar-refractivity contribution >= 4 is 39.3 Å². The Hall–Kier alpha value is -6.52. The molecular formula is C50H40N2O2. The number of amides is 2. The summed E-state index contributed by atoms with van der Waals surface area (Å²) in [6.45, 7) is 13.0. The van der Waals surface area contributed by atoms with Crippen molar-refractivity contribution in [2.75, 3.05) is 4.90 Å². The van der Waals surface area contributed by atoms with E-state index in [9.17, 15) is 4.79 Å². The minimum absolute atomic E-state index is 0.322. The van der Waals surface area contributed by atoms with Gasteiger partial charge in [-0.2, -0.15) is 0 Å². The van der Waals surface area contributed by atoms with Crippen molar-refractivity contribution in [3.63, 3.8) is 0 Å². The molecule has 54 heavy (non-hydrogen) atoms. The summed E-state index contributed by atoms with van der Waals surface area (Å²) in [7, 11) is 0. The van der Waals surface area contributed by atoms with Crippen LogP contribution in [-0.2, 0) is 0 Å². The molecule has 0 unspecified atom stereocenters. The number of nitrogens with zero attached hydrogens (tertiary/aromatic N) is 2. The third-order valence-corrected chi connectivity index (χ3v) is 11.1. The van der Waals surface area contributed by atoms with Gasteiger partial charge in [-0.05, 0) is 98.7 Å². The summed E-state index contributed by atoms with van der Waals surface area (Å²) in [6.07, 6.45) is 0. The highest BCUT2D eigenvalue weighted by molar-refractivity contribution is 6.36. The number of hydrogen-bond donors (Lipinski definition) is 0. The van der Waals surface area contributed by atoms with Gasteiger partial charge in [0, 0.05) is 27.5 Å². The SMILES string of the molecule is Cc1cc(C)c(-c2cccc3c4cccc(-c5c(C)cc(C)cc5C)c4n(-c4cccc5c4C(=O)N(c4ccccc4-c4ccccc4)C5=O)c23)c(C)c1. The van der Waals surface area contributed by atoms with E-state index in [1.165, 1.54) is 49.4 Å². The molecule has 1 aliphatic rings. The second-order valence-corrected chi connectivity index (χ2v) is 14.8. The lowest BCUT2D eigenvalue weighted by atomic mass is 9.91. The van der Waals surface area contributed by atoms with E-state index >= 15 is 4.79 Å². The molecule has 262 valence electrons. The highest BCUT2D eigenvalue weighted by Gasteiger charge is 2.40. The summed E-state index contributed by atoms with van der Waals surface area (Å²) < 4.78 is 2.28. The summed E-state index contributed by atoms with van der Waals surface area (Å²) in [4.78, 5) is 31.0. The van der Waals surface area contributed by atoms with Gasteiger partial charge in [0.1, 0.15) is 0 Å². The van der Waals surface area contributed by atoms with Crippen LogP contribution in [-0.4, -0.2) is 16.4 Å². The van der Waals surface area contributed by atoms with E-state index in [1.807, 2.05) is 66.7 Å². The molecule has 4 nitrogen and oxygen atoms in total. The van der Waals surface area contributed by atoms with E-state index in [1.54, 1.807) is 6.07 Å². The molecule has 0 atom stereocenters. The van der Waals surface area contributed by atoms with E-state index < -0.39 is 0 Å². The number of hydrogen-bond acceptors (Lipinski definition) is 2. The number of fused-ring (bicyclic) bond motifs is 4. The third kappa shape index (κ3) is 4.98. The Balaban J connectivity index is 1.40. The predicted octanol–water partition coefficient (Wildman–Crippen LogP) is 12.4. The number of para-hydroxylation sites is 3. The van der Waals surface area contributed by atoms with Gasteiger partial charge < -0.3 is 4.57 Å².